The molecule has 0 aliphatic heterocycles. The molecule has 2 unspecified atom stereocenters. The molecule has 0 N–H and O–H groups in total. The summed E-state index contributed by atoms with van der Waals surface area (Å²) in [4.78, 5) is 21.5. The SMILES string of the molecule is CCC(C)OOC1CCC(OOC(C)CC)CC1. The van der Waals surface area contributed by atoms with Crippen molar-refractivity contribution >= 4 is 0 Å². The Bertz CT molecular complexity index is 180. The van der Waals surface area contributed by atoms with Crippen molar-refractivity contribution in [2.75, 3.05) is 0 Å². The topological polar surface area (TPSA) is 36.9 Å². The Morgan fingerprint density at radius 2 is 1.11 bits per heavy atom. The summed E-state index contributed by atoms with van der Waals surface area (Å²) in [6, 6.07) is 0. The van der Waals surface area contributed by atoms with Crippen LogP contribution in [0.2, 0.25) is 0 Å². The van der Waals surface area contributed by atoms with Gasteiger partial charge in [-0.2, -0.15) is 0 Å². The fourth-order valence-electron chi connectivity index (χ4n) is 1.71. The van der Waals surface area contributed by atoms with Gasteiger partial charge in [0, 0.05) is 0 Å². The monoisotopic (exact) mass is 260 g/mol. The summed E-state index contributed by atoms with van der Waals surface area (Å²) in [6.07, 6.45) is 6.62. The lowest BCUT2D eigenvalue weighted by atomic mass is 9.95. The van der Waals surface area contributed by atoms with Gasteiger partial charge in [-0.05, 0) is 52.4 Å². The fourth-order valence-corrected chi connectivity index (χ4v) is 1.71. The highest BCUT2D eigenvalue weighted by Gasteiger charge is 2.24. The van der Waals surface area contributed by atoms with Crippen molar-refractivity contribution in [2.24, 2.45) is 0 Å². The molecular formula is C14H28O4. The van der Waals surface area contributed by atoms with Gasteiger partial charge in [0.05, 0.1) is 24.4 Å². The standard InChI is InChI=1S/C14H28O4/c1-5-11(3)15-17-13-7-9-14(10-8-13)18-16-12(4)6-2/h11-14H,5-10H2,1-4H3. The Morgan fingerprint density at radius 3 is 1.39 bits per heavy atom. The summed E-state index contributed by atoms with van der Waals surface area (Å²) in [5, 5.41) is 0. The van der Waals surface area contributed by atoms with E-state index in [-0.39, 0.29) is 24.4 Å². The zero-order valence-corrected chi connectivity index (χ0v) is 12.2. The van der Waals surface area contributed by atoms with Gasteiger partial charge in [-0.15, -0.1) is 0 Å². The Kier molecular flexibility index (Phi) is 7.82. The average Bonchev–Trinajstić information content (AvgIpc) is 2.43. The van der Waals surface area contributed by atoms with Crippen molar-refractivity contribution in [3.8, 4) is 0 Å². The summed E-state index contributed by atoms with van der Waals surface area (Å²) in [6.45, 7) is 8.22. The van der Waals surface area contributed by atoms with E-state index in [4.69, 9.17) is 19.6 Å². The molecule has 0 aromatic rings. The van der Waals surface area contributed by atoms with Crippen LogP contribution in [0.25, 0.3) is 0 Å². The van der Waals surface area contributed by atoms with E-state index in [1.165, 1.54) is 0 Å². The third-order valence-corrected chi connectivity index (χ3v) is 3.48. The molecule has 4 nitrogen and oxygen atoms in total. The van der Waals surface area contributed by atoms with Gasteiger partial charge in [-0.1, -0.05) is 13.8 Å². The molecule has 0 aromatic heterocycles. The second-order valence-corrected chi connectivity index (χ2v) is 5.22. The quantitative estimate of drug-likeness (QED) is 0.491. The Balaban J connectivity index is 2.09. The van der Waals surface area contributed by atoms with Crippen LogP contribution in [0.3, 0.4) is 0 Å². The minimum atomic E-state index is 0.174. The van der Waals surface area contributed by atoms with Crippen LogP contribution >= 0.6 is 0 Å². The third-order valence-electron chi connectivity index (χ3n) is 3.48. The van der Waals surface area contributed by atoms with Crippen molar-refractivity contribution in [1.29, 1.82) is 0 Å². The van der Waals surface area contributed by atoms with Gasteiger partial charge in [0.1, 0.15) is 0 Å². The highest BCUT2D eigenvalue weighted by Crippen LogP contribution is 2.24. The Morgan fingerprint density at radius 1 is 0.778 bits per heavy atom. The summed E-state index contributed by atoms with van der Waals surface area (Å²) in [7, 11) is 0. The Hall–Kier alpha value is -0.160. The zero-order chi connectivity index (χ0) is 13.4. The molecular weight excluding hydrogens is 232 g/mol. The molecule has 0 aromatic carbocycles. The van der Waals surface area contributed by atoms with Crippen molar-refractivity contribution in [1.82, 2.24) is 0 Å². The average molecular weight is 260 g/mol. The van der Waals surface area contributed by atoms with Crippen LogP contribution in [-0.4, -0.2) is 24.4 Å². The molecule has 2 atom stereocenters. The summed E-state index contributed by atoms with van der Waals surface area (Å²) >= 11 is 0. The molecule has 1 saturated carbocycles. The maximum absolute atomic E-state index is 5.43. The predicted molar refractivity (Wildman–Crippen MR) is 69.9 cm³/mol. The summed E-state index contributed by atoms with van der Waals surface area (Å²) < 4.78 is 0. The molecule has 0 amide bonds. The van der Waals surface area contributed by atoms with E-state index in [9.17, 15) is 0 Å². The van der Waals surface area contributed by atoms with Gasteiger partial charge in [0.2, 0.25) is 0 Å². The molecule has 0 radical (unpaired) electrons. The number of rotatable bonds is 8. The van der Waals surface area contributed by atoms with Gasteiger partial charge in [0.25, 0.3) is 0 Å². The maximum atomic E-state index is 5.43. The van der Waals surface area contributed by atoms with Crippen LogP contribution < -0.4 is 0 Å². The first-order valence-corrected chi connectivity index (χ1v) is 7.29. The van der Waals surface area contributed by atoms with Crippen molar-refractivity contribution < 1.29 is 19.6 Å². The predicted octanol–water partition coefficient (Wildman–Crippen LogP) is 3.79. The van der Waals surface area contributed by atoms with Crippen LogP contribution in [0, 0.1) is 0 Å². The highest BCUT2D eigenvalue weighted by atomic mass is 17.2. The van der Waals surface area contributed by atoms with Crippen molar-refractivity contribution in [2.45, 2.75) is 90.6 Å². The maximum Gasteiger partial charge on any atom is 0.0932 e. The van der Waals surface area contributed by atoms with E-state index < -0.39 is 0 Å². The minimum absolute atomic E-state index is 0.174. The molecule has 4 heteroatoms. The molecule has 0 saturated heterocycles. The van der Waals surface area contributed by atoms with E-state index in [2.05, 4.69) is 13.8 Å². The normalized spacial score (nSPS) is 28.0. The van der Waals surface area contributed by atoms with E-state index in [0.717, 1.165) is 38.5 Å². The molecule has 18 heavy (non-hydrogen) atoms. The first-order chi connectivity index (χ1) is 8.65. The molecule has 0 heterocycles. The molecule has 0 bridgehead atoms. The molecule has 0 spiro atoms. The lowest BCUT2D eigenvalue weighted by molar-refractivity contribution is -0.372. The van der Waals surface area contributed by atoms with Crippen LogP contribution in [0.4, 0.5) is 0 Å². The molecule has 1 aliphatic carbocycles. The van der Waals surface area contributed by atoms with Crippen LogP contribution in [0.1, 0.15) is 66.2 Å². The Labute approximate surface area is 111 Å². The van der Waals surface area contributed by atoms with Crippen LogP contribution in [-0.2, 0) is 19.6 Å². The van der Waals surface area contributed by atoms with Gasteiger partial charge >= 0.3 is 0 Å². The molecule has 1 aliphatic rings. The van der Waals surface area contributed by atoms with Gasteiger partial charge < -0.3 is 0 Å². The van der Waals surface area contributed by atoms with Crippen LogP contribution in [0.15, 0.2) is 0 Å². The third kappa shape index (κ3) is 6.14. The summed E-state index contributed by atoms with van der Waals surface area (Å²) in [5.74, 6) is 0. The first-order valence-electron chi connectivity index (χ1n) is 7.29. The van der Waals surface area contributed by atoms with E-state index in [1.807, 2.05) is 13.8 Å². The van der Waals surface area contributed by atoms with E-state index in [0.29, 0.717) is 0 Å². The van der Waals surface area contributed by atoms with Crippen molar-refractivity contribution in [3.05, 3.63) is 0 Å². The van der Waals surface area contributed by atoms with Gasteiger partial charge in [-0.25, -0.2) is 19.6 Å². The van der Waals surface area contributed by atoms with Gasteiger partial charge in [-0.3, -0.25) is 0 Å². The zero-order valence-electron chi connectivity index (χ0n) is 12.2. The van der Waals surface area contributed by atoms with E-state index >= 15 is 0 Å². The largest absolute Gasteiger partial charge is 0.233 e. The smallest absolute Gasteiger partial charge is 0.0932 e. The minimum Gasteiger partial charge on any atom is -0.233 e. The lowest BCUT2D eigenvalue weighted by Gasteiger charge is -2.28. The molecule has 1 rings (SSSR count). The molecule has 108 valence electrons. The second-order valence-electron chi connectivity index (χ2n) is 5.22. The first kappa shape index (κ1) is 15.9. The fraction of sp³-hybridized carbons (Fsp3) is 1.00. The summed E-state index contributed by atoms with van der Waals surface area (Å²) in [5.41, 5.74) is 0. The number of hydrogen-bond donors (Lipinski definition) is 0. The van der Waals surface area contributed by atoms with E-state index in [1.54, 1.807) is 0 Å². The van der Waals surface area contributed by atoms with Crippen molar-refractivity contribution in [3.63, 3.8) is 0 Å². The highest BCUT2D eigenvalue weighted by molar-refractivity contribution is 4.71. The lowest BCUT2D eigenvalue weighted by Crippen LogP contribution is -2.28. The molecule has 1 fully saturated rings. The van der Waals surface area contributed by atoms with Gasteiger partial charge in [0.15, 0.2) is 0 Å². The number of hydrogen-bond acceptors (Lipinski definition) is 4. The second kappa shape index (κ2) is 8.86. The van der Waals surface area contributed by atoms with Crippen LogP contribution in [0.5, 0.6) is 0 Å².